The number of halogens is 2. The van der Waals surface area contributed by atoms with Gasteiger partial charge in [0.15, 0.2) is 5.75 Å². The largest absolute Gasteiger partial charge is 0.504 e. The van der Waals surface area contributed by atoms with Gasteiger partial charge in [0.2, 0.25) is 5.75 Å². The van der Waals surface area contributed by atoms with E-state index < -0.39 is 11.4 Å². The van der Waals surface area contributed by atoms with Crippen molar-refractivity contribution in [3.8, 4) is 17.2 Å². The fraction of sp³-hybridized carbons (Fsp3) is 0. The Morgan fingerprint density at radius 1 is 1.14 bits per heavy atom. The summed E-state index contributed by atoms with van der Waals surface area (Å²) in [5.41, 5.74) is -0.0706. The molecule has 0 radical (unpaired) electrons. The highest BCUT2D eigenvalue weighted by atomic mass is 79.9. The van der Waals surface area contributed by atoms with Gasteiger partial charge in [-0.3, -0.25) is 4.79 Å². The van der Waals surface area contributed by atoms with Crippen LogP contribution in [0.25, 0.3) is 10.9 Å². The predicted molar refractivity (Wildman–Crippen MR) is 80.4 cm³/mol. The molecular weight excluding hydrogens is 341 g/mol. The summed E-state index contributed by atoms with van der Waals surface area (Å²) < 4.78 is 19.0. The molecule has 0 saturated heterocycles. The van der Waals surface area contributed by atoms with E-state index in [2.05, 4.69) is 20.9 Å². The third-order valence-corrected chi connectivity index (χ3v) is 3.43. The van der Waals surface area contributed by atoms with Crippen molar-refractivity contribution in [1.82, 2.24) is 4.98 Å². The number of aromatic amines is 1. The molecule has 3 aromatic rings. The number of hydrogen-bond acceptors (Lipinski definition) is 3. The van der Waals surface area contributed by atoms with Crippen molar-refractivity contribution >= 4 is 26.8 Å². The molecule has 4 nitrogen and oxygen atoms in total. The van der Waals surface area contributed by atoms with Crippen LogP contribution in [0.15, 0.2) is 51.7 Å². The summed E-state index contributed by atoms with van der Waals surface area (Å²) in [6, 6.07) is 10.2. The summed E-state index contributed by atoms with van der Waals surface area (Å²) in [5, 5.41) is 10.7. The predicted octanol–water partition coefficient (Wildman–Crippen LogP) is 3.93. The molecule has 6 heteroatoms. The Morgan fingerprint density at radius 2 is 1.86 bits per heavy atom. The molecule has 0 spiro atoms. The molecule has 0 aliphatic rings. The Bertz CT molecular complexity index is 874. The van der Waals surface area contributed by atoms with Crippen molar-refractivity contribution in [2.75, 3.05) is 0 Å². The van der Waals surface area contributed by atoms with Gasteiger partial charge >= 0.3 is 0 Å². The van der Waals surface area contributed by atoms with Gasteiger partial charge in [0.1, 0.15) is 11.6 Å². The molecule has 0 bridgehead atoms. The molecule has 0 saturated carbocycles. The third kappa shape index (κ3) is 2.62. The number of aromatic hydroxyl groups is 1. The smallest absolute Gasteiger partial charge is 0.295 e. The molecule has 3 rings (SSSR count). The first-order valence-corrected chi connectivity index (χ1v) is 6.82. The maximum Gasteiger partial charge on any atom is 0.295 e. The van der Waals surface area contributed by atoms with E-state index in [0.717, 1.165) is 4.47 Å². The van der Waals surface area contributed by atoms with Gasteiger partial charge in [0.25, 0.3) is 5.56 Å². The highest BCUT2D eigenvalue weighted by Crippen LogP contribution is 2.34. The van der Waals surface area contributed by atoms with Crippen LogP contribution in [0.5, 0.6) is 17.2 Å². The summed E-state index contributed by atoms with van der Waals surface area (Å²) in [6.45, 7) is 0. The Labute approximate surface area is 126 Å². The van der Waals surface area contributed by atoms with E-state index in [0.29, 0.717) is 10.9 Å². The van der Waals surface area contributed by atoms with Gasteiger partial charge in [-0.25, -0.2) is 4.39 Å². The van der Waals surface area contributed by atoms with Crippen molar-refractivity contribution in [2.45, 2.75) is 0 Å². The first-order chi connectivity index (χ1) is 10.0. The minimum atomic E-state index is -0.563. The molecule has 2 N–H and O–H groups in total. The number of pyridine rings is 1. The molecule has 0 amide bonds. The maximum absolute atomic E-state index is 12.9. The standard InChI is InChI=1S/C15H9BrFNO3/c16-8-1-6-12-11(7-8)13(19)14(15(20)18-12)21-10-4-2-9(17)3-5-10/h1-7H,(H2,18,19,20). The lowest BCUT2D eigenvalue weighted by atomic mass is 10.2. The lowest BCUT2D eigenvalue weighted by molar-refractivity contribution is 0.410. The van der Waals surface area contributed by atoms with Crippen LogP contribution < -0.4 is 10.3 Å². The van der Waals surface area contributed by atoms with Crippen LogP contribution in [0.3, 0.4) is 0 Å². The van der Waals surface area contributed by atoms with Gasteiger partial charge in [-0.05, 0) is 42.5 Å². The van der Waals surface area contributed by atoms with E-state index in [1.165, 1.54) is 24.3 Å². The van der Waals surface area contributed by atoms with Crippen LogP contribution in [0, 0.1) is 5.82 Å². The number of aromatic nitrogens is 1. The van der Waals surface area contributed by atoms with Crippen molar-refractivity contribution in [3.05, 3.63) is 63.1 Å². The van der Waals surface area contributed by atoms with Gasteiger partial charge in [0, 0.05) is 9.86 Å². The fourth-order valence-electron chi connectivity index (χ4n) is 1.95. The zero-order chi connectivity index (χ0) is 15.0. The Hall–Kier alpha value is -2.34. The van der Waals surface area contributed by atoms with E-state index in [1.807, 2.05) is 0 Å². The number of ether oxygens (including phenoxy) is 1. The molecule has 106 valence electrons. The SMILES string of the molecule is O=c1[nH]c2ccc(Br)cc2c(O)c1Oc1ccc(F)cc1. The summed E-state index contributed by atoms with van der Waals surface area (Å²) in [6.07, 6.45) is 0. The Morgan fingerprint density at radius 3 is 2.57 bits per heavy atom. The molecule has 1 heterocycles. The number of H-pyrrole nitrogens is 1. The molecule has 0 unspecified atom stereocenters. The molecular formula is C15H9BrFNO3. The van der Waals surface area contributed by atoms with E-state index >= 15 is 0 Å². The van der Waals surface area contributed by atoms with Crippen LogP contribution in [0.2, 0.25) is 0 Å². The van der Waals surface area contributed by atoms with Gasteiger partial charge in [-0.1, -0.05) is 15.9 Å². The van der Waals surface area contributed by atoms with Crippen LogP contribution in [-0.4, -0.2) is 10.1 Å². The minimum Gasteiger partial charge on any atom is -0.504 e. The van der Waals surface area contributed by atoms with Crippen molar-refractivity contribution in [1.29, 1.82) is 0 Å². The molecule has 2 aromatic carbocycles. The highest BCUT2D eigenvalue weighted by Gasteiger charge is 2.14. The van der Waals surface area contributed by atoms with Gasteiger partial charge in [-0.2, -0.15) is 0 Å². The number of fused-ring (bicyclic) bond motifs is 1. The number of benzene rings is 2. The normalized spacial score (nSPS) is 10.8. The number of nitrogens with one attached hydrogen (secondary N) is 1. The van der Waals surface area contributed by atoms with Gasteiger partial charge in [0.05, 0.1) is 5.52 Å². The second-order valence-electron chi connectivity index (χ2n) is 4.38. The molecule has 0 atom stereocenters. The lowest BCUT2D eigenvalue weighted by Gasteiger charge is -2.09. The molecule has 21 heavy (non-hydrogen) atoms. The second-order valence-corrected chi connectivity index (χ2v) is 5.29. The quantitative estimate of drug-likeness (QED) is 0.736. The fourth-order valence-corrected chi connectivity index (χ4v) is 2.31. The van der Waals surface area contributed by atoms with Gasteiger partial charge in [-0.15, -0.1) is 0 Å². The van der Waals surface area contributed by atoms with Crippen molar-refractivity contribution in [2.24, 2.45) is 0 Å². The van der Waals surface area contributed by atoms with Crippen molar-refractivity contribution in [3.63, 3.8) is 0 Å². The number of rotatable bonds is 2. The first-order valence-electron chi connectivity index (χ1n) is 6.02. The molecule has 0 aliphatic carbocycles. The van der Waals surface area contributed by atoms with E-state index in [1.54, 1.807) is 18.2 Å². The lowest BCUT2D eigenvalue weighted by Crippen LogP contribution is -2.09. The van der Waals surface area contributed by atoms with E-state index in [9.17, 15) is 14.3 Å². The Balaban J connectivity index is 2.13. The first kappa shape index (κ1) is 13.6. The topological polar surface area (TPSA) is 62.3 Å². The summed E-state index contributed by atoms with van der Waals surface area (Å²) >= 11 is 3.30. The average molecular weight is 350 g/mol. The molecule has 1 aromatic heterocycles. The van der Waals surface area contributed by atoms with Crippen LogP contribution in [0.4, 0.5) is 4.39 Å². The van der Waals surface area contributed by atoms with Gasteiger partial charge < -0.3 is 14.8 Å². The monoisotopic (exact) mass is 349 g/mol. The molecule has 0 fully saturated rings. The third-order valence-electron chi connectivity index (χ3n) is 2.94. The van der Waals surface area contributed by atoms with Crippen LogP contribution in [0.1, 0.15) is 0 Å². The maximum atomic E-state index is 12.9. The van der Waals surface area contributed by atoms with E-state index in [4.69, 9.17) is 4.74 Å². The summed E-state index contributed by atoms with van der Waals surface area (Å²) in [4.78, 5) is 14.6. The van der Waals surface area contributed by atoms with E-state index in [-0.39, 0.29) is 17.2 Å². The second kappa shape index (κ2) is 5.21. The van der Waals surface area contributed by atoms with Crippen LogP contribution >= 0.6 is 15.9 Å². The highest BCUT2D eigenvalue weighted by molar-refractivity contribution is 9.10. The van der Waals surface area contributed by atoms with Crippen molar-refractivity contribution < 1.29 is 14.2 Å². The summed E-state index contributed by atoms with van der Waals surface area (Å²) in [7, 11) is 0. The zero-order valence-corrected chi connectivity index (χ0v) is 12.1. The Kier molecular flexibility index (Phi) is 3.39. The summed E-state index contributed by atoms with van der Waals surface area (Å²) in [5.74, 6) is -0.652. The minimum absolute atomic E-state index is 0.229. The van der Waals surface area contributed by atoms with Crippen LogP contribution in [-0.2, 0) is 0 Å². The molecule has 0 aliphatic heterocycles. The zero-order valence-electron chi connectivity index (χ0n) is 10.6. The number of hydrogen-bond donors (Lipinski definition) is 2. The average Bonchev–Trinajstić information content (AvgIpc) is 2.46.